The van der Waals surface area contributed by atoms with Crippen molar-refractivity contribution >= 4 is 5.84 Å². The van der Waals surface area contributed by atoms with Crippen LogP contribution >= 0.6 is 0 Å². The number of hydrogen-bond donors (Lipinski definition) is 3. The van der Waals surface area contributed by atoms with Gasteiger partial charge in [-0.1, -0.05) is 12.1 Å². The largest absolute Gasteiger partial charge is 0.395 e. The van der Waals surface area contributed by atoms with E-state index in [1.807, 2.05) is 0 Å². The Morgan fingerprint density at radius 2 is 2.11 bits per heavy atom. The summed E-state index contributed by atoms with van der Waals surface area (Å²) < 4.78 is 38.7. The third-order valence-corrected chi connectivity index (χ3v) is 2.58. The molecule has 19 heavy (non-hydrogen) atoms. The second-order valence-corrected chi connectivity index (χ2v) is 4.04. The Labute approximate surface area is 109 Å². The van der Waals surface area contributed by atoms with Gasteiger partial charge in [-0.25, -0.2) is 13.2 Å². The highest BCUT2D eigenvalue weighted by Gasteiger charge is 2.16. The monoisotopic (exact) mass is 275 g/mol. The number of benzene rings is 1. The summed E-state index contributed by atoms with van der Waals surface area (Å²) >= 11 is 0. The first-order valence-corrected chi connectivity index (χ1v) is 5.68. The third-order valence-electron chi connectivity index (χ3n) is 2.58. The SMILES string of the molecule is N=C(N)c1cccc(CN(CCO)CC(F)F)c1F. The van der Waals surface area contributed by atoms with E-state index in [0.717, 1.165) is 0 Å². The number of nitrogens with one attached hydrogen (secondary N) is 1. The maximum atomic E-state index is 14.0. The first-order chi connectivity index (χ1) is 8.95. The Bertz CT molecular complexity index is 440. The maximum absolute atomic E-state index is 14.0. The molecule has 0 saturated carbocycles. The van der Waals surface area contributed by atoms with Crippen LogP contribution in [-0.4, -0.2) is 42.0 Å². The highest BCUT2D eigenvalue weighted by molar-refractivity contribution is 5.95. The van der Waals surface area contributed by atoms with Crippen molar-refractivity contribution in [3.8, 4) is 0 Å². The highest BCUT2D eigenvalue weighted by atomic mass is 19.3. The van der Waals surface area contributed by atoms with Gasteiger partial charge in [-0.05, 0) is 6.07 Å². The highest BCUT2D eigenvalue weighted by Crippen LogP contribution is 2.15. The van der Waals surface area contributed by atoms with Crippen molar-refractivity contribution < 1.29 is 18.3 Å². The van der Waals surface area contributed by atoms with Crippen LogP contribution in [0.4, 0.5) is 13.2 Å². The molecule has 0 aliphatic rings. The normalized spacial score (nSPS) is 11.3. The number of alkyl halides is 2. The average Bonchev–Trinajstić information content (AvgIpc) is 2.31. The number of nitrogens with zero attached hydrogens (tertiary/aromatic N) is 1. The molecule has 7 heteroatoms. The lowest BCUT2D eigenvalue weighted by molar-refractivity contribution is 0.0741. The fraction of sp³-hybridized carbons (Fsp3) is 0.417. The van der Waals surface area contributed by atoms with Gasteiger partial charge in [-0.15, -0.1) is 0 Å². The number of aliphatic hydroxyl groups excluding tert-OH is 1. The van der Waals surface area contributed by atoms with Gasteiger partial charge in [0, 0.05) is 18.7 Å². The Morgan fingerprint density at radius 1 is 1.42 bits per heavy atom. The zero-order valence-electron chi connectivity index (χ0n) is 10.2. The second-order valence-electron chi connectivity index (χ2n) is 4.04. The zero-order valence-corrected chi connectivity index (χ0v) is 10.2. The fourth-order valence-electron chi connectivity index (χ4n) is 1.72. The molecule has 0 aliphatic carbocycles. The van der Waals surface area contributed by atoms with E-state index in [1.165, 1.54) is 23.1 Å². The minimum absolute atomic E-state index is 0.0219. The van der Waals surface area contributed by atoms with Crippen LogP contribution in [0.1, 0.15) is 11.1 Å². The van der Waals surface area contributed by atoms with Crippen LogP contribution in [0.25, 0.3) is 0 Å². The molecular formula is C12H16F3N3O. The summed E-state index contributed by atoms with van der Waals surface area (Å²) in [6, 6.07) is 4.30. The summed E-state index contributed by atoms with van der Waals surface area (Å²) in [4.78, 5) is 1.24. The molecule has 0 radical (unpaired) electrons. The van der Waals surface area contributed by atoms with E-state index in [4.69, 9.17) is 16.2 Å². The molecule has 0 amide bonds. The van der Waals surface area contributed by atoms with Gasteiger partial charge < -0.3 is 10.8 Å². The first kappa shape index (κ1) is 15.5. The van der Waals surface area contributed by atoms with Crippen LogP contribution in [0.5, 0.6) is 0 Å². The van der Waals surface area contributed by atoms with Gasteiger partial charge in [0.25, 0.3) is 6.43 Å². The Kier molecular flexibility index (Phi) is 5.78. The maximum Gasteiger partial charge on any atom is 0.251 e. The molecule has 0 aliphatic heterocycles. The van der Waals surface area contributed by atoms with Crippen LogP contribution in [-0.2, 0) is 6.54 Å². The molecule has 1 aromatic rings. The van der Waals surface area contributed by atoms with E-state index in [0.29, 0.717) is 0 Å². The van der Waals surface area contributed by atoms with Gasteiger partial charge in [0.1, 0.15) is 11.7 Å². The van der Waals surface area contributed by atoms with Gasteiger partial charge in [-0.2, -0.15) is 0 Å². The number of hydrogen-bond acceptors (Lipinski definition) is 3. The van der Waals surface area contributed by atoms with E-state index in [2.05, 4.69) is 0 Å². The molecule has 1 aromatic carbocycles. The summed E-state index contributed by atoms with van der Waals surface area (Å²) in [5, 5.41) is 16.0. The molecule has 0 saturated heterocycles. The molecule has 0 bridgehead atoms. The van der Waals surface area contributed by atoms with Crippen molar-refractivity contribution in [3.63, 3.8) is 0 Å². The molecule has 4 N–H and O–H groups in total. The summed E-state index contributed by atoms with van der Waals surface area (Å²) in [6.07, 6.45) is -2.56. The molecule has 106 valence electrons. The van der Waals surface area contributed by atoms with Gasteiger partial charge in [0.05, 0.1) is 18.7 Å². The van der Waals surface area contributed by atoms with Crippen molar-refractivity contribution in [3.05, 3.63) is 35.1 Å². The smallest absolute Gasteiger partial charge is 0.251 e. The predicted molar refractivity (Wildman–Crippen MR) is 65.8 cm³/mol. The molecular weight excluding hydrogens is 259 g/mol. The minimum Gasteiger partial charge on any atom is -0.395 e. The van der Waals surface area contributed by atoms with Crippen LogP contribution in [0.15, 0.2) is 18.2 Å². The first-order valence-electron chi connectivity index (χ1n) is 5.68. The van der Waals surface area contributed by atoms with Gasteiger partial charge in [-0.3, -0.25) is 10.3 Å². The number of nitrogens with two attached hydrogens (primary N) is 1. The summed E-state index contributed by atoms with van der Waals surface area (Å²) in [5.74, 6) is -1.10. The van der Waals surface area contributed by atoms with Crippen molar-refractivity contribution in [1.29, 1.82) is 5.41 Å². The Morgan fingerprint density at radius 3 is 2.63 bits per heavy atom. The molecule has 0 spiro atoms. The molecule has 0 aromatic heterocycles. The molecule has 0 heterocycles. The van der Waals surface area contributed by atoms with Gasteiger partial charge in [0.2, 0.25) is 0 Å². The zero-order chi connectivity index (χ0) is 14.4. The topological polar surface area (TPSA) is 73.3 Å². The van der Waals surface area contributed by atoms with E-state index >= 15 is 0 Å². The summed E-state index contributed by atoms with van der Waals surface area (Å²) in [6.45, 7) is -0.892. The number of amidine groups is 1. The van der Waals surface area contributed by atoms with Crippen LogP contribution in [0, 0.1) is 11.2 Å². The quantitative estimate of drug-likeness (QED) is 0.516. The van der Waals surface area contributed by atoms with E-state index < -0.39 is 24.6 Å². The lowest BCUT2D eigenvalue weighted by Gasteiger charge is -2.21. The fourth-order valence-corrected chi connectivity index (χ4v) is 1.72. The van der Waals surface area contributed by atoms with Crippen molar-refractivity contribution in [1.82, 2.24) is 4.90 Å². The van der Waals surface area contributed by atoms with E-state index in [9.17, 15) is 13.2 Å². The summed E-state index contributed by atoms with van der Waals surface area (Å²) in [7, 11) is 0. The van der Waals surface area contributed by atoms with Gasteiger partial charge in [0.15, 0.2) is 0 Å². The van der Waals surface area contributed by atoms with Crippen molar-refractivity contribution in [2.75, 3.05) is 19.7 Å². The molecule has 0 unspecified atom stereocenters. The predicted octanol–water partition coefficient (Wildman–Crippen LogP) is 1.17. The number of nitrogen functional groups attached to an aromatic ring is 1. The van der Waals surface area contributed by atoms with Gasteiger partial charge >= 0.3 is 0 Å². The average molecular weight is 275 g/mol. The van der Waals surface area contributed by atoms with Crippen molar-refractivity contribution in [2.24, 2.45) is 5.73 Å². The van der Waals surface area contributed by atoms with Crippen LogP contribution in [0.3, 0.4) is 0 Å². The molecule has 0 atom stereocenters. The van der Waals surface area contributed by atoms with Crippen LogP contribution in [0.2, 0.25) is 0 Å². The molecule has 0 fully saturated rings. The van der Waals surface area contributed by atoms with E-state index in [-0.39, 0.29) is 30.8 Å². The Balaban J connectivity index is 2.90. The number of aliphatic hydroxyl groups is 1. The number of halogens is 3. The Hall–Kier alpha value is -1.60. The lowest BCUT2D eigenvalue weighted by atomic mass is 10.1. The van der Waals surface area contributed by atoms with Crippen LogP contribution < -0.4 is 5.73 Å². The van der Waals surface area contributed by atoms with E-state index in [1.54, 1.807) is 0 Å². The molecule has 1 rings (SSSR count). The minimum atomic E-state index is -2.56. The third kappa shape index (κ3) is 4.53. The lowest BCUT2D eigenvalue weighted by Crippen LogP contribution is -2.31. The summed E-state index contributed by atoms with van der Waals surface area (Å²) in [5.41, 5.74) is 5.33. The number of rotatable bonds is 7. The van der Waals surface area contributed by atoms with Crippen molar-refractivity contribution in [2.45, 2.75) is 13.0 Å². The second kappa shape index (κ2) is 7.10. The standard InChI is InChI=1S/C12H16F3N3O/c13-10(14)7-18(4-5-19)6-8-2-1-3-9(11(8)15)12(16)17/h1-3,10,19H,4-7H2,(H3,16,17). The molecule has 4 nitrogen and oxygen atoms in total.